The molecule has 0 aliphatic carbocycles. The lowest BCUT2D eigenvalue weighted by Crippen LogP contribution is -2.01. The fourth-order valence-electron chi connectivity index (χ4n) is 1.37. The molecule has 0 saturated heterocycles. The first-order valence-electron chi connectivity index (χ1n) is 4.26. The van der Waals surface area contributed by atoms with Crippen LogP contribution in [0.2, 0.25) is 0 Å². The molecule has 0 aromatic heterocycles. The Morgan fingerprint density at radius 3 is 2.80 bits per heavy atom. The Kier molecular flexibility index (Phi) is 2.38. The van der Waals surface area contributed by atoms with Crippen LogP contribution < -0.4 is 0 Å². The van der Waals surface area contributed by atoms with Crippen molar-refractivity contribution in [2.45, 2.75) is 6.29 Å². The highest BCUT2D eigenvalue weighted by Crippen LogP contribution is 2.46. The van der Waals surface area contributed by atoms with Crippen LogP contribution in [0.3, 0.4) is 0 Å². The number of hydrogen-bond donors (Lipinski definition) is 1. The lowest BCUT2D eigenvalue weighted by Gasteiger charge is -2.13. The average molecular weight is 228 g/mol. The second kappa shape index (κ2) is 3.45. The topological polar surface area (TPSA) is 72.8 Å². The van der Waals surface area contributed by atoms with Crippen LogP contribution in [0, 0.1) is 0 Å². The number of esters is 1. The van der Waals surface area contributed by atoms with E-state index in [9.17, 15) is 9.36 Å². The zero-order valence-corrected chi connectivity index (χ0v) is 8.81. The third kappa shape index (κ3) is 2.09. The smallest absolute Gasteiger partial charge is 0.341 e. The molecule has 6 heteroatoms. The van der Waals surface area contributed by atoms with Gasteiger partial charge in [-0.1, -0.05) is 18.2 Å². The zero-order valence-electron chi connectivity index (χ0n) is 7.91. The molecule has 15 heavy (non-hydrogen) atoms. The van der Waals surface area contributed by atoms with E-state index in [0.29, 0.717) is 11.1 Å². The van der Waals surface area contributed by atoms with E-state index in [1.165, 1.54) is 0 Å². The van der Waals surface area contributed by atoms with Gasteiger partial charge in [0.1, 0.15) is 0 Å². The summed E-state index contributed by atoms with van der Waals surface area (Å²) in [5.74, 6) is -0.538. The minimum atomic E-state index is -3.67. The third-order valence-electron chi connectivity index (χ3n) is 1.94. The second-order valence-electron chi connectivity index (χ2n) is 3.23. The molecule has 0 radical (unpaired) electrons. The summed E-state index contributed by atoms with van der Waals surface area (Å²) in [5, 5.41) is 0. The van der Waals surface area contributed by atoms with Gasteiger partial charge in [0.05, 0.1) is 5.56 Å². The molecule has 0 fully saturated rings. The van der Waals surface area contributed by atoms with Crippen molar-refractivity contribution in [1.82, 2.24) is 0 Å². The number of hydrogen-bond acceptors (Lipinski definition) is 4. The van der Waals surface area contributed by atoms with Gasteiger partial charge in [-0.05, 0) is 6.07 Å². The molecule has 0 amide bonds. The maximum atomic E-state index is 11.3. The van der Waals surface area contributed by atoms with Crippen LogP contribution in [0.25, 0.3) is 0 Å². The Labute approximate surface area is 86.2 Å². The van der Waals surface area contributed by atoms with Crippen LogP contribution in [0.1, 0.15) is 22.2 Å². The Hall–Kier alpha value is -1.16. The largest absolute Gasteiger partial charge is 0.427 e. The van der Waals surface area contributed by atoms with Crippen LogP contribution in [0.15, 0.2) is 24.3 Å². The number of cyclic esters (lactones) is 1. The van der Waals surface area contributed by atoms with Crippen molar-refractivity contribution in [1.29, 1.82) is 0 Å². The molecule has 1 N–H and O–H groups in total. The van der Waals surface area contributed by atoms with Crippen LogP contribution in [-0.2, 0) is 13.8 Å². The predicted octanol–water partition coefficient (Wildman–Crippen LogP) is 1.69. The van der Waals surface area contributed by atoms with Crippen LogP contribution in [-0.4, -0.2) is 17.5 Å². The summed E-state index contributed by atoms with van der Waals surface area (Å²) in [6.07, 6.45) is -1.07. The molecule has 1 aromatic rings. The number of carbonyl (C=O) groups is 1. The summed E-state index contributed by atoms with van der Waals surface area (Å²) in [6.45, 7) is 1.04. The summed E-state index contributed by atoms with van der Waals surface area (Å²) < 4.78 is 20.6. The lowest BCUT2D eigenvalue weighted by atomic mass is 10.1. The number of ether oxygens (including phenoxy) is 1. The van der Waals surface area contributed by atoms with Gasteiger partial charge in [-0.25, -0.2) is 4.79 Å². The summed E-state index contributed by atoms with van der Waals surface area (Å²) in [4.78, 5) is 20.3. The van der Waals surface area contributed by atoms with E-state index >= 15 is 0 Å². The molecule has 0 spiro atoms. The molecular formula is C9H9O5P. The number of carbonyl (C=O) groups excluding carboxylic acids is 1. The number of benzene rings is 1. The van der Waals surface area contributed by atoms with Gasteiger partial charge in [0.25, 0.3) is 0 Å². The van der Waals surface area contributed by atoms with Crippen molar-refractivity contribution in [3.8, 4) is 0 Å². The summed E-state index contributed by atoms with van der Waals surface area (Å²) in [7, 11) is -3.67. The highest BCUT2D eigenvalue weighted by Gasteiger charge is 2.34. The van der Waals surface area contributed by atoms with Crippen molar-refractivity contribution in [2.24, 2.45) is 0 Å². The zero-order chi connectivity index (χ0) is 11.1. The molecular weight excluding hydrogens is 219 g/mol. The van der Waals surface area contributed by atoms with Crippen molar-refractivity contribution >= 4 is 13.6 Å². The van der Waals surface area contributed by atoms with Crippen LogP contribution >= 0.6 is 7.60 Å². The van der Waals surface area contributed by atoms with Crippen molar-refractivity contribution in [2.75, 3.05) is 6.66 Å². The Balaban J connectivity index is 2.33. The van der Waals surface area contributed by atoms with Gasteiger partial charge in [0.2, 0.25) is 6.29 Å². The first kappa shape index (κ1) is 10.4. The van der Waals surface area contributed by atoms with Gasteiger partial charge >= 0.3 is 13.6 Å². The van der Waals surface area contributed by atoms with Crippen LogP contribution in [0.4, 0.5) is 0 Å². The molecule has 1 aromatic carbocycles. The standard InChI is InChI=1S/C9H9O5P/c1-15(11,12)14-9-7-5-3-2-4-6(7)8(10)13-9/h2-5,9H,1H3,(H,11,12). The Morgan fingerprint density at radius 1 is 1.47 bits per heavy atom. The molecule has 1 aliphatic heterocycles. The van der Waals surface area contributed by atoms with E-state index < -0.39 is 19.9 Å². The van der Waals surface area contributed by atoms with Gasteiger partial charge in [0, 0.05) is 12.2 Å². The lowest BCUT2D eigenvalue weighted by molar-refractivity contribution is -0.0418. The highest BCUT2D eigenvalue weighted by atomic mass is 31.2. The predicted molar refractivity (Wildman–Crippen MR) is 51.4 cm³/mol. The van der Waals surface area contributed by atoms with E-state index in [0.717, 1.165) is 6.66 Å². The van der Waals surface area contributed by atoms with E-state index in [1.807, 2.05) is 0 Å². The average Bonchev–Trinajstić information content (AvgIpc) is 2.42. The van der Waals surface area contributed by atoms with Crippen molar-refractivity contribution < 1.29 is 23.5 Å². The fourth-order valence-corrected chi connectivity index (χ4v) is 1.88. The number of fused-ring (bicyclic) bond motifs is 1. The molecule has 2 unspecified atom stereocenters. The molecule has 2 rings (SSSR count). The quantitative estimate of drug-likeness (QED) is 0.615. The van der Waals surface area contributed by atoms with E-state index in [-0.39, 0.29) is 0 Å². The molecule has 2 atom stereocenters. The van der Waals surface area contributed by atoms with Crippen molar-refractivity contribution in [3.05, 3.63) is 35.4 Å². The number of rotatable bonds is 2. The van der Waals surface area contributed by atoms with E-state index in [4.69, 9.17) is 14.2 Å². The van der Waals surface area contributed by atoms with E-state index in [1.54, 1.807) is 24.3 Å². The normalized spacial score (nSPS) is 23.1. The van der Waals surface area contributed by atoms with Gasteiger partial charge < -0.3 is 9.63 Å². The molecule has 0 saturated carbocycles. The summed E-state index contributed by atoms with van der Waals surface area (Å²) in [6, 6.07) is 6.60. The van der Waals surface area contributed by atoms with Gasteiger partial charge in [-0.15, -0.1) is 0 Å². The molecule has 5 nitrogen and oxygen atoms in total. The van der Waals surface area contributed by atoms with E-state index in [2.05, 4.69) is 0 Å². The minimum Gasteiger partial charge on any atom is -0.427 e. The fraction of sp³-hybridized carbons (Fsp3) is 0.222. The second-order valence-corrected chi connectivity index (χ2v) is 5.05. The monoisotopic (exact) mass is 228 g/mol. The maximum Gasteiger partial charge on any atom is 0.341 e. The molecule has 0 bridgehead atoms. The Morgan fingerprint density at radius 2 is 2.13 bits per heavy atom. The van der Waals surface area contributed by atoms with Crippen molar-refractivity contribution in [3.63, 3.8) is 0 Å². The van der Waals surface area contributed by atoms with Gasteiger partial charge in [-0.2, -0.15) is 0 Å². The first-order valence-corrected chi connectivity index (χ1v) is 6.28. The van der Waals surface area contributed by atoms with Gasteiger partial charge in [0.15, 0.2) is 0 Å². The third-order valence-corrected chi connectivity index (χ3v) is 2.52. The Bertz CT molecular complexity index is 450. The summed E-state index contributed by atoms with van der Waals surface area (Å²) in [5.41, 5.74) is 0.856. The molecule has 1 heterocycles. The van der Waals surface area contributed by atoms with Crippen LogP contribution in [0.5, 0.6) is 0 Å². The summed E-state index contributed by atoms with van der Waals surface area (Å²) >= 11 is 0. The van der Waals surface area contributed by atoms with Gasteiger partial charge in [-0.3, -0.25) is 9.09 Å². The molecule has 1 aliphatic rings. The minimum absolute atomic E-state index is 0.371. The molecule has 80 valence electrons. The SMILES string of the molecule is CP(=O)(O)OC1OC(=O)c2ccccc21. The maximum absolute atomic E-state index is 11.3. The highest BCUT2D eigenvalue weighted by molar-refractivity contribution is 7.51. The first-order chi connectivity index (χ1) is 6.97.